The third kappa shape index (κ3) is 4.75. The Morgan fingerprint density at radius 1 is 1.47 bits per heavy atom. The summed E-state index contributed by atoms with van der Waals surface area (Å²) < 4.78 is 4.71. The molecule has 1 aromatic heterocycles. The minimum Gasteiger partial charge on any atom is -0.481 e. The van der Waals surface area contributed by atoms with Crippen LogP contribution in [0.15, 0.2) is 10.9 Å². The molecule has 0 saturated carbocycles. The maximum atomic E-state index is 11.0. The average molecular weight is 213 g/mol. The van der Waals surface area contributed by atoms with Crippen molar-refractivity contribution in [2.45, 2.75) is 19.3 Å². The van der Waals surface area contributed by atoms with Crippen LogP contribution >= 0.6 is 0 Å². The van der Waals surface area contributed by atoms with E-state index in [0.717, 1.165) is 0 Å². The second kappa shape index (κ2) is 5.74. The van der Waals surface area contributed by atoms with Crippen LogP contribution in [-0.4, -0.2) is 33.7 Å². The number of nitrogens with one attached hydrogen (secondary N) is 1. The SMILES string of the molecule is O=C(O)CCC(=O)NCCc1ncno1. The Morgan fingerprint density at radius 2 is 2.27 bits per heavy atom. The molecule has 0 saturated heterocycles. The van der Waals surface area contributed by atoms with Crippen LogP contribution in [0.25, 0.3) is 0 Å². The molecule has 1 aromatic rings. The number of hydrogen-bond acceptors (Lipinski definition) is 5. The lowest BCUT2D eigenvalue weighted by atomic mass is 10.3. The lowest BCUT2D eigenvalue weighted by Gasteiger charge is -2.00. The number of hydrogen-bond donors (Lipinski definition) is 2. The van der Waals surface area contributed by atoms with Gasteiger partial charge in [-0.25, -0.2) is 0 Å². The van der Waals surface area contributed by atoms with Crippen LogP contribution in [0.3, 0.4) is 0 Å². The van der Waals surface area contributed by atoms with Gasteiger partial charge >= 0.3 is 5.97 Å². The number of carbonyl (C=O) groups excluding carboxylic acids is 1. The highest BCUT2D eigenvalue weighted by Crippen LogP contribution is 1.92. The van der Waals surface area contributed by atoms with Gasteiger partial charge in [0.05, 0.1) is 6.42 Å². The molecule has 0 bridgehead atoms. The van der Waals surface area contributed by atoms with E-state index < -0.39 is 5.97 Å². The minimum absolute atomic E-state index is 0.0147. The Morgan fingerprint density at radius 3 is 2.87 bits per heavy atom. The molecule has 1 rings (SSSR count). The van der Waals surface area contributed by atoms with Crippen molar-refractivity contribution in [2.75, 3.05) is 6.54 Å². The van der Waals surface area contributed by atoms with Gasteiger partial charge in [-0.2, -0.15) is 4.98 Å². The summed E-state index contributed by atoms with van der Waals surface area (Å²) in [6.45, 7) is 0.362. The van der Waals surface area contributed by atoms with Crippen LogP contribution in [0.4, 0.5) is 0 Å². The summed E-state index contributed by atoms with van der Waals surface area (Å²) in [5.41, 5.74) is 0. The van der Waals surface area contributed by atoms with Gasteiger partial charge in [0.1, 0.15) is 0 Å². The molecule has 0 atom stereocenters. The molecular formula is C8H11N3O4. The Labute approximate surface area is 85.5 Å². The van der Waals surface area contributed by atoms with Gasteiger partial charge in [0.2, 0.25) is 11.8 Å². The number of aromatic nitrogens is 2. The zero-order valence-corrected chi connectivity index (χ0v) is 7.97. The van der Waals surface area contributed by atoms with E-state index >= 15 is 0 Å². The first kappa shape index (κ1) is 11.2. The molecule has 0 spiro atoms. The van der Waals surface area contributed by atoms with E-state index in [1.54, 1.807) is 0 Å². The van der Waals surface area contributed by atoms with Crippen LogP contribution in [0.5, 0.6) is 0 Å². The molecule has 0 aliphatic carbocycles. The van der Waals surface area contributed by atoms with Crippen molar-refractivity contribution in [3.63, 3.8) is 0 Å². The molecule has 1 heterocycles. The number of rotatable bonds is 6. The predicted molar refractivity (Wildman–Crippen MR) is 47.9 cm³/mol. The first-order chi connectivity index (χ1) is 7.18. The summed E-state index contributed by atoms with van der Waals surface area (Å²) >= 11 is 0. The topological polar surface area (TPSA) is 105 Å². The van der Waals surface area contributed by atoms with Crippen LogP contribution in [0, 0.1) is 0 Å². The molecule has 1 amide bonds. The maximum Gasteiger partial charge on any atom is 0.303 e. The third-order valence-electron chi connectivity index (χ3n) is 1.63. The normalized spacial score (nSPS) is 9.87. The fourth-order valence-electron chi connectivity index (χ4n) is 0.924. The molecule has 7 nitrogen and oxygen atoms in total. The fourth-order valence-corrected chi connectivity index (χ4v) is 0.924. The maximum absolute atomic E-state index is 11.0. The molecule has 0 aliphatic rings. The van der Waals surface area contributed by atoms with Gasteiger partial charge in [0, 0.05) is 19.4 Å². The van der Waals surface area contributed by atoms with Crippen LogP contribution in [0.1, 0.15) is 18.7 Å². The number of amides is 1. The van der Waals surface area contributed by atoms with Crippen molar-refractivity contribution >= 4 is 11.9 Å². The van der Waals surface area contributed by atoms with Crippen molar-refractivity contribution in [2.24, 2.45) is 0 Å². The highest BCUT2D eigenvalue weighted by Gasteiger charge is 2.05. The largest absolute Gasteiger partial charge is 0.481 e. The summed E-state index contributed by atoms with van der Waals surface area (Å²) in [5.74, 6) is -0.840. The van der Waals surface area contributed by atoms with Gasteiger partial charge in [0.25, 0.3) is 0 Å². The Bertz CT molecular complexity index is 323. The van der Waals surface area contributed by atoms with Crippen molar-refractivity contribution in [3.8, 4) is 0 Å². The highest BCUT2D eigenvalue weighted by molar-refractivity contribution is 5.80. The van der Waals surface area contributed by atoms with E-state index in [-0.39, 0.29) is 18.7 Å². The summed E-state index contributed by atoms with van der Waals surface area (Å²) in [6.07, 6.45) is 1.55. The molecule has 15 heavy (non-hydrogen) atoms. The molecule has 0 aliphatic heterocycles. The van der Waals surface area contributed by atoms with E-state index in [1.807, 2.05) is 0 Å². The van der Waals surface area contributed by atoms with E-state index in [4.69, 9.17) is 9.63 Å². The molecule has 2 N–H and O–H groups in total. The van der Waals surface area contributed by atoms with Crippen LogP contribution in [0.2, 0.25) is 0 Å². The first-order valence-corrected chi connectivity index (χ1v) is 4.42. The summed E-state index contributed by atoms with van der Waals surface area (Å²) in [6, 6.07) is 0. The Balaban J connectivity index is 2.09. The molecular weight excluding hydrogens is 202 g/mol. The van der Waals surface area contributed by atoms with E-state index in [2.05, 4.69) is 15.5 Å². The number of carboxylic acid groups (broad SMARTS) is 1. The van der Waals surface area contributed by atoms with Crippen molar-refractivity contribution in [1.82, 2.24) is 15.5 Å². The Hall–Kier alpha value is -1.92. The van der Waals surface area contributed by atoms with E-state index in [1.165, 1.54) is 6.33 Å². The first-order valence-electron chi connectivity index (χ1n) is 4.42. The van der Waals surface area contributed by atoms with Gasteiger partial charge in [-0.05, 0) is 0 Å². The molecule has 0 radical (unpaired) electrons. The lowest BCUT2D eigenvalue weighted by molar-refractivity contribution is -0.138. The van der Waals surface area contributed by atoms with Crippen LogP contribution in [-0.2, 0) is 16.0 Å². The van der Waals surface area contributed by atoms with Crippen molar-refractivity contribution in [3.05, 3.63) is 12.2 Å². The van der Waals surface area contributed by atoms with Gasteiger partial charge in [0.15, 0.2) is 6.33 Å². The fraction of sp³-hybridized carbons (Fsp3) is 0.500. The average Bonchev–Trinajstić information content (AvgIpc) is 2.67. The number of carbonyl (C=O) groups is 2. The van der Waals surface area contributed by atoms with Gasteiger partial charge in [-0.15, -0.1) is 0 Å². The molecule has 82 valence electrons. The lowest BCUT2D eigenvalue weighted by Crippen LogP contribution is -2.26. The zero-order valence-electron chi connectivity index (χ0n) is 7.97. The second-order valence-corrected chi connectivity index (χ2v) is 2.83. The third-order valence-corrected chi connectivity index (χ3v) is 1.63. The smallest absolute Gasteiger partial charge is 0.303 e. The van der Waals surface area contributed by atoms with Crippen LogP contribution < -0.4 is 5.32 Å². The van der Waals surface area contributed by atoms with Crippen molar-refractivity contribution in [1.29, 1.82) is 0 Å². The van der Waals surface area contributed by atoms with Gasteiger partial charge in [-0.1, -0.05) is 5.16 Å². The molecule has 0 unspecified atom stereocenters. The standard InChI is InChI=1S/C8H11N3O4/c12-6(1-2-8(13)14)9-4-3-7-10-5-11-15-7/h5H,1-4H2,(H,9,12)(H,13,14). The summed E-state index contributed by atoms with van der Waals surface area (Å²) in [4.78, 5) is 25.0. The number of carboxylic acids is 1. The van der Waals surface area contributed by atoms with E-state index in [9.17, 15) is 9.59 Å². The summed E-state index contributed by atoms with van der Waals surface area (Å²) in [7, 11) is 0. The molecule has 0 fully saturated rings. The van der Waals surface area contributed by atoms with Crippen molar-refractivity contribution < 1.29 is 19.2 Å². The van der Waals surface area contributed by atoms with Gasteiger partial charge in [-0.3, -0.25) is 9.59 Å². The number of aliphatic carboxylic acids is 1. The second-order valence-electron chi connectivity index (χ2n) is 2.83. The molecule has 0 aromatic carbocycles. The minimum atomic E-state index is -0.984. The quantitative estimate of drug-likeness (QED) is 0.665. The van der Waals surface area contributed by atoms with Gasteiger partial charge < -0.3 is 14.9 Å². The number of nitrogens with zero attached hydrogens (tertiary/aromatic N) is 2. The Kier molecular flexibility index (Phi) is 4.27. The molecule has 7 heteroatoms. The van der Waals surface area contributed by atoms with E-state index in [0.29, 0.717) is 18.9 Å². The monoisotopic (exact) mass is 213 g/mol. The summed E-state index contributed by atoms with van der Waals surface area (Å²) in [5, 5.41) is 14.3. The highest BCUT2D eigenvalue weighted by atomic mass is 16.5. The zero-order chi connectivity index (χ0) is 11.1. The predicted octanol–water partition coefficient (Wildman–Crippen LogP) is -0.407.